The van der Waals surface area contributed by atoms with Gasteiger partial charge in [-0.15, -0.1) is 0 Å². The molecule has 0 radical (unpaired) electrons. The van der Waals surface area contributed by atoms with Crippen LogP contribution in [0, 0.1) is 0 Å². The summed E-state index contributed by atoms with van der Waals surface area (Å²) in [4.78, 5) is 23.3. The highest BCUT2D eigenvalue weighted by molar-refractivity contribution is 6.28. The first kappa shape index (κ1) is 12.4. The fourth-order valence-corrected chi connectivity index (χ4v) is 4.19. The number of anilines is 1. The molecule has 1 unspecified atom stereocenters. The lowest BCUT2D eigenvalue weighted by atomic mass is 9.91. The van der Waals surface area contributed by atoms with E-state index >= 15 is 0 Å². The molecule has 1 saturated carbocycles. The fraction of sp³-hybridized carbons (Fsp3) is 0.643. The molecule has 2 fully saturated rings. The Kier molecular flexibility index (Phi) is 2.67. The lowest BCUT2D eigenvalue weighted by Gasteiger charge is -2.38. The molecule has 1 aromatic heterocycles. The monoisotopic (exact) mass is 292 g/mol. The zero-order valence-electron chi connectivity index (χ0n) is 11.2. The summed E-state index contributed by atoms with van der Waals surface area (Å²) in [5.41, 5.74) is 0.606. The lowest BCUT2D eigenvalue weighted by Crippen LogP contribution is -2.56. The third-order valence-electron chi connectivity index (χ3n) is 4.92. The smallest absolute Gasteiger partial charge is 0.246 e. The van der Waals surface area contributed by atoms with Crippen molar-refractivity contribution in [3.63, 3.8) is 0 Å². The summed E-state index contributed by atoms with van der Waals surface area (Å²) in [7, 11) is 0. The van der Waals surface area contributed by atoms with Gasteiger partial charge in [-0.1, -0.05) is 12.8 Å². The molecule has 1 amide bonds. The molecule has 4 rings (SSSR count). The zero-order valence-corrected chi connectivity index (χ0v) is 12.0. The average Bonchev–Trinajstić information content (AvgIpc) is 3.11. The van der Waals surface area contributed by atoms with Crippen molar-refractivity contribution in [2.24, 2.45) is 0 Å². The normalized spacial score (nSPS) is 29.2. The van der Waals surface area contributed by atoms with E-state index in [9.17, 15) is 4.79 Å². The minimum atomic E-state index is -0.448. The Hall–Kier alpha value is -1.36. The van der Waals surface area contributed by atoms with E-state index in [4.69, 9.17) is 11.6 Å². The quantitative estimate of drug-likeness (QED) is 0.800. The number of nitrogens with zero attached hydrogens (tertiary/aromatic N) is 3. The Morgan fingerprint density at radius 3 is 2.90 bits per heavy atom. The van der Waals surface area contributed by atoms with Crippen LogP contribution in [-0.2, 0) is 11.2 Å². The van der Waals surface area contributed by atoms with Crippen molar-refractivity contribution >= 4 is 23.3 Å². The molecule has 3 aliphatic rings. The van der Waals surface area contributed by atoms with Gasteiger partial charge in [0.05, 0.1) is 0 Å². The van der Waals surface area contributed by atoms with Crippen LogP contribution in [-0.4, -0.2) is 34.0 Å². The highest BCUT2D eigenvalue weighted by Gasteiger charge is 2.55. The van der Waals surface area contributed by atoms with E-state index in [1.54, 1.807) is 6.20 Å². The fourth-order valence-electron chi connectivity index (χ4n) is 4.06. The second-order valence-electron chi connectivity index (χ2n) is 6.01. The maximum Gasteiger partial charge on any atom is 0.246 e. The summed E-state index contributed by atoms with van der Waals surface area (Å²) in [5, 5.41) is 3.26. The number of amides is 1. The first-order valence-corrected chi connectivity index (χ1v) is 7.67. The molecule has 1 spiro atoms. The molecule has 0 bridgehead atoms. The first-order chi connectivity index (χ1) is 9.71. The molecule has 2 aliphatic heterocycles. The Morgan fingerprint density at radius 2 is 2.20 bits per heavy atom. The predicted molar refractivity (Wildman–Crippen MR) is 75.8 cm³/mol. The van der Waals surface area contributed by atoms with Gasteiger partial charge in [0.1, 0.15) is 11.4 Å². The number of aromatic nitrogens is 2. The Labute approximate surface area is 122 Å². The Bertz CT molecular complexity index is 572. The summed E-state index contributed by atoms with van der Waals surface area (Å²) in [6.07, 6.45) is 8.07. The summed E-state index contributed by atoms with van der Waals surface area (Å²) in [5.74, 6) is 1.02. The minimum absolute atomic E-state index is 0.138. The van der Waals surface area contributed by atoms with Crippen LogP contribution in [0.25, 0.3) is 0 Å². The Morgan fingerprint density at radius 1 is 1.40 bits per heavy atom. The van der Waals surface area contributed by atoms with Gasteiger partial charge in [0.2, 0.25) is 11.2 Å². The molecule has 3 heterocycles. The molecule has 1 atom stereocenters. The average molecular weight is 293 g/mol. The van der Waals surface area contributed by atoms with Crippen LogP contribution < -0.4 is 10.2 Å². The molecule has 106 valence electrons. The van der Waals surface area contributed by atoms with E-state index in [0.717, 1.165) is 37.2 Å². The number of halogens is 1. The van der Waals surface area contributed by atoms with Gasteiger partial charge in [-0.3, -0.25) is 4.79 Å². The maximum atomic E-state index is 12.5. The summed E-state index contributed by atoms with van der Waals surface area (Å²) in [6.45, 7) is 0.747. The van der Waals surface area contributed by atoms with Crippen LogP contribution in [0.3, 0.4) is 0 Å². The molecule has 1 aliphatic carbocycles. The maximum absolute atomic E-state index is 12.5. The van der Waals surface area contributed by atoms with Crippen molar-refractivity contribution in [2.45, 2.75) is 50.1 Å². The van der Waals surface area contributed by atoms with E-state index in [0.29, 0.717) is 12.5 Å². The summed E-state index contributed by atoms with van der Waals surface area (Å²) < 4.78 is 0. The molecule has 20 heavy (non-hydrogen) atoms. The second kappa shape index (κ2) is 4.32. The largest absolute Gasteiger partial charge is 0.354 e. The molecule has 6 heteroatoms. The molecular weight excluding hydrogens is 276 g/mol. The van der Waals surface area contributed by atoms with E-state index in [-0.39, 0.29) is 11.2 Å². The van der Waals surface area contributed by atoms with E-state index < -0.39 is 5.54 Å². The molecule has 0 aromatic carbocycles. The molecule has 5 nitrogen and oxygen atoms in total. The van der Waals surface area contributed by atoms with Crippen molar-refractivity contribution in [3.05, 3.63) is 17.0 Å². The standard InChI is InChI=1S/C14H17ClN4O/c15-13-17-8-9-7-14(5-6-16-12(14)20)19(11(9)18-13)10-3-1-2-4-10/h8,10H,1-7H2,(H,16,20). The van der Waals surface area contributed by atoms with Gasteiger partial charge in [-0.2, -0.15) is 0 Å². The van der Waals surface area contributed by atoms with E-state index in [1.165, 1.54) is 12.8 Å². The number of rotatable bonds is 1. The van der Waals surface area contributed by atoms with Gasteiger partial charge in [0.25, 0.3) is 0 Å². The van der Waals surface area contributed by atoms with E-state index in [2.05, 4.69) is 20.2 Å². The number of carbonyl (C=O) groups is 1. The van der Waals surface area contributed by atoms with Crippen LogP contribution >= 0.6 is 11.6 Å². The zero-order chi connectivity index (χ0) is 13.7. The van der Waals surface area contributed by atoms with Crippen molar-refractivity contribution in [1.29, 1.82) is 0 Å². The first-order valence-electron chi connectivity index (χ1n) is 7.30. The van der Waals surface area contributed by atoms with Gasteiger partial charge >= 0.3 is 0 Å². The number of hydrogen-bond acceptors (Lipinski definition) is 4. The summed E-state index contributed by atoms with van der Waals surface area (Å²) >= 11 is 5.98. The van der Waals surface area contributed by atoms with Gasteiger partial charge in [0, 0.05) is 30.8 Å². The van der Waals surface area contributed by atoms with Crippen LogP contribution in [0.1, 0.15) is 37.7 Å². The Balaban J connectivity index is 1.84. The van der Waals surface area contributed by atoms with Crippen LogP contribution in [0.5, 0.6) is 0 Å². The number of carbonyl (C=O) groups excluding carboxylic acids is 1. The van der Waals surface area contributed by atoms with Crippen molar-refractivity contribution in [2.75, 3.05) is 11.4 Å². The van der Waals surface area contributed by atoms with Crippen molar-refractivity contribution < 1.29 is 4.79 Å². The summed E-state index contributed by atoms with van der Waals surface area (Å²) in [6, 6.07) is 0.408. The molecular formula is C14H17ClN4O. The van der Waals surface area contributed by atoms with Crippen LogP contribution in [0.15, 0.2) is 6.20 Å². The van der Waals surface area contributed by atoms with Gasteiger partial charge in [-0.05, 0) is 30.9 Å². The van der Waals surface area contributed by atoms with Gasteiger partial charge in [0.15, 0.2) is 0 Å². The lowest BCUT2D eigenvalue weighted by molar-refractivity contribution is -0.123. The minimum Gasteiger partial charge on any atom is -0.354 e. The van der Waals surface area contributed by atoms with Gasteiger partial charge in [-0.25, -0.2) is 9.97 Å². The predicted octanol–water partition coefficient (Wildman–Crippen LogP) is 1.69. The number of fused-ring (bicyclic) bond motifs is 1. The van der Waals surface area contributed by atoms with Gasteiger partial charge < -0.3 is 10.2 Å². The third kappa shape index (κ3) is 1.59. The third-order valence-corrected chi connectivity index (χ3v) is 5.10. The van der Waals surface area contributed by atoms with E-state index in [1.807, 2.05) is 0 Å². The molecule has 1 N–H and O–H groups in total. The van der Waals surface area contributed by atoms with Crippen LogP contribution in [0.4, 0.5) is 5.82 Å². The second-order valence-corrected chi connectivity index (χ2v) is 6.35. The molecule has 1 saturated heterocycles. The topological polar surface area (TPSA) is 58.1 Å². The highest BCUT2D eigenvalue weighted by atomic mass is 35.5. The number of hydrogen-bond donors (Lipinski definition) is 1. The van der Waals surface area contributed by atoms with Crippen molar-refractivity contribution in [3.8, 4) is 0 Å². The molecule has 1 aromatic rings. The number of nitrogens with one attached hydrogen (secondary N) is 1. The highest BCUT2D eigenvalue weighted by Crippen LogP contribution is 2.45. The SMILES string of the molecule is O=C1NCCC12Cc1cnc(Cl)nc1N2C1CCCC1. The van der Waals surface area contributed by atoms with Crippen molar-refractivity contribution in [1.82, 2.24) is 15.3 Å². The van der Waals surface area contributed by atoms with Crippen LogP contribution in [0.2, 0.25) is 5.28 Å².